The lowest BCUT2D eigenvalue weighted by molar-refractivity contribution is 0.671. The molecule has 2 aromatic heterocycles. The molecule has 0 bridgehead atoms. The van der Waals surface area contributed by atoms with Crippen LogP contribution in [0.15, 0.2) is 193 Å². The first-order valence-electron chi connectivity index (χ1n) is 17.1. The fourth-order valence-electron chi connectivity index (χ4n) is 7.73. The van der Waals surface area contributed by atoms with Crippen molar-refractivity contribution in [3.63, 3.8) is 0 Å². The van der Waals surface area contributed by atoms with E-state index < -0.39 is 0 Å². The second kappa shape index (κ2) is 11.5. The Labute approximate surface area is 289 Å². The van der Waals surface area contributed by atoms with Gasteiger partial charge in [0.05, 0.1) is 11.0 Å². The van der Waals surface area contributed by atoms with Gasteiger partial charge < -0.3 is 8.98 Å². The normalized spacial score (nSPS) is 15.6. The van der Waals surface area contributed by atoms with Gasteiger partial charge in [0.15, 0.2) is 5.58 Å². The van der Waals surface area contributed by atoms with Crippen molar-refractivity contribution >= 4 is 71.2 Å². The maximum absolute atomic E-state index is 6.81. The van der Waals surface area contributed by atoms with Gasteiger partial charge in [0.2, 0.25) is 0 Å². The molecule has 0 spiro atoms. The average molecular weight is 638 g/mol. The third-order valence-corrected chi connectivity index (χ3v) is 9.98. The van der Waals surface area contributed by atoms with Crippen LogP contribution >= 0.6 is 0 Å². The minimum atomic E-state index is 0.900. The topological polar surface area (TPSA) is 18.1 Å². The van der Waals surface area contributed by atoms with Crippen LogP contribution < -0.4 is 0 Å². The van der Waals surface area contributed by atoms with Crippen molar-refractivity contribution in [2.24, 2.45) is 0 Å². The molecule has 1 aliphatic rings. The summed E-state index contributed by atoms with van der Waals surface area (Å²) < 4.78 is 9.22. The van der Waals surface area contributed by atoms with Crippen LogP contribution in [0.1, 0.15) is 16.7 Å². The molecule has 50 heavy (non-hydrogen) atoms. The van der Waals surface area contributed by atoms with E-state index in [1.54, 1.807) is 0 Å². The first kappa shape index (κ1) is 28.4. The van der Waals surface area contributed by atoms with Gasteiger partial charge in [-0.3, -0.25) is 0 Å². The number of furan rings is 1. The Balaban J connectivity index is 1.26. The van der Waals surface area contributed by atoms with Crippen LogP contribution in [0.5, 0.6) is 0 Å². The van der Waals surface area contributed by atoms with Crippen LogP contribution in [0.3, 0.4) is 0 Å². The SMILES string of the molecule is C1=C/C(c2ccccc2)=C\C(c2cccc(-n3c4ccccc4c4c5ccccc5c5c6ccccc6oc5c43)c2)=C/C(c2ccccc2)=C1. The van der Waals surface area contributed by atoms with Crippen molar-refractivity contribution in [2.75, 3.05) is 0 Å². The monoisotopic (exact) mass is 637 g/mol. The summed E-state index contributed by atoms with van der Waals surface area (Å²) in [5.74, 6) is 0. The molecule has 0 amide bonds. The lowest BCUT2D eigenvalue weighted by Gasteiger charge is -2.14. The molecule has 7 aromatic carbocycles. The van der Waals surface area contributed by atoms with Crippen LogP contribution in [-0.2, 0) is 0 Å². The predicted octanol–water partition coefficient (Wildman–Crippen LogP) is 13.0. The van der Waals surface area contributed by atoms with Gasteiger partial charge in [-0.05, 0) is 80.6 Å². The molecule has 0 atom stereocenters. The summed E-state index contributed by atoms with van der Waals surface area (Å²) in [6.07, 6.45) is 11.2. The van der Waals surface area contributed by atoms with Gasteiger partial charge in [-0.2, -0.15) is 0 Å². The van der Waals surface area contributed by atoms with Crippen molar-refractivity contribution in [1.29, 1.82) is 0 Å². The zero-order chi connectivity index (χ0) is 33.0. The first-order chi connectivity index (χ1) is 24.8. The fourth-order valence-corrected chi connectivity index (χ4v) is 7.73. The molecular formula is C48H31NO. The Morgan fingerprint density at radius 3 is 1.82 bits per heavy atom. The van der Waals surface area contributed by atoms with Crippen LogP contribution in [-0.4, -0.2) is 4.57 Å². The summed E-state index contributed by atoms with van der Waals surface area (Å²) in [4.78, 5) is 0. The lowest BCUT2D eigenvalue weighted by atomic mass is 9.93. The third-order valence-electron chi connectivity index (χ3n) is 9.98. The number of benzene rings is 7. The highest BCUT2D eigenvalue weighted by Crippen LogP contribution is 2.45. The van der Waals surface area contributed by atoms with E-state index in [-0.39, 0.29) is 0 Å². The average Bonchev–Trinajstić information content (AvgIpc) is 3.73. The summed E-state index contributed by atoms with van der Waals surface area (Å²) in [5.41, 5.74) is 12.1. The van der Waals surface area contributed by atoms with Gasteiger partial charge in [0.25, 0.3) is 0 Å². The summed E-state index contributed by atoms with van der Waals surface area (Å²) in [5, 5.41) is 7.16. The summed E-state index contributed by atoms with van der Waals surface area (Å²) in [6.45, 7) is 0. The summed E-state index contributed by atoms with van der Waals surface area (Å²) in [7, 11) is 0. The molecule has 234 valence electrons. The van der Waals surface area contributed by atoms with E-state index in [0.29, 0.717) is 0 Å². The van der Waals surface area contributed by atoms with Gasteiger partial charge in [0, 0.05) is 27.2 Å². The smallest absolute Gasteiger partial charge is 0.160 e. The largest absolute Gasteiger partial charge is 0.454 e. The quantitative estimate of drug-likeness (QED) is 0.188. The van der Waals surface area contributed by atoms with Crippen molar-refractivity contribution in [1.82, 2.24) is 4.57 Å². The Morgan fingerprint density at radius 1 is 0.440 bits per heavy atom. The maximum atomic E-state index is 6.81. The third kappa shape index (κ3) is 4.50. The summed E-state index contributed by atoms with van der Waals surface area (Å²) in [6, 6.07) is 56.1. The molecule has 0 saturated carbocycles. The van der Waals surface area contributed by atoms with E-state index in [0.717, 1.165) is 60.9 Å². The highest BCUT2D eigenvalue weighted by atomic mass is 16.3. The van der Waals surface area contributed by atoms with E-state index in [9.17, 15) is 0 Å². The van der Waals surface area contributed by atoms with E-state index in [2.05, 4.69) is 193 Å². The highest BCUT2D eigenvalue weighted by Gasteiger charge is 2.23. The molecule has 10 rings (SSSR count). The first-order valence-corrected chi connectivity index (χ1v) is 17.1. The van der Waals surface area contributed by atoms with Gasteiger partial charge in [-0.1, -0.05) is 152 Å². The molecule has 0 N–H and O–H groups in total. The van der Waals surface area contributed by atoms with Crippen molar-refractivity contribution in [3.05, 3.63) is 205 Å². The molecule has 9 aromatic rings. The number of hydrogen-bond acceptors (Lipinski definition) is 1. The summed E-state index contributed by atoms with van der Waals surface area (Å²) >= 11 is 0. The Kier molecular flexibility index (Phi) is 6.53. The predicted molar refractivity (Wildman–Crippen MR) is 212 cm³/mol. The second-order valence-corrected chi connectivity index (χ2v) is 12.9. The molecule has 0 radical (unpaired) electrons. The van der Waals surface area contributed by atoms with Crippen LogP contribution in [0, 0.1) is 0 Å². The highest BCUT2D eigenvalue weighted by molar-refractivity contribution is 6.35. The molecule has 0 unspecified atom stereocenters. The van der Waals surface area contributed by atoms with Crippen molar-refractivity contribution in [3.8, 4) is 5.69 Å². The number of hydrogen-bond donors (Lipinski definition) is 0. The van der Waals surface area contributed by atoms with Gasteiger partial charge in [0.1, 0.15) is 5.58 Å². The van der Waals surface area contributed by atoms with E-state index in [1.165, 1.54) is 32.7 Å². The second-order valence-electron chi connectivity index (χ2n) is 12.9. The molecule has 0 aliphatic heterocycles. The van der Waals surface area contributed by atoms with Crippen molar-refractivity contribution < 1.29 is 4.42 Å². The molecular weight excluding hydrogens is 607 g/mol. The van der Waals surface area contributed by atoms with Gasteiger partial charge >= 0.3 is 0 Å². The zero-order valence-corrected chi connectivity index (χ0v) is 27.3. The minimum Gasteiger partial charge on any atom is -0.454 e. The number of fused-ring (bicyclic) bond motifs is 10. The maximum Gasteiger partial charge on any atom is 0.160 e. The van der Waals surface area contributed by atoms with Crippen LogP contribution in [0.4, 0.5) is 0 Å². The van der Waals surface area contributed by atoms with E-state index in [1.807, 2.05) is 0 Å². The fraction of sp³-hybridized carbons (Fsp3) is 0. The minimum absolute atomic E-state index is 0.900. The molecule has 2 heterocycles. The number of para-hydroxylation sites is 2. The molecule has 0 saturated heterocycles. The van der Waals surface area contributed by atoms with Crippen LogP contribution in [0.2, 0.25) is 0 Å². The standard InChI is InChI=1S/C48H31NO/c1-3-15-32(16-4-1)34-19-13-20-35(33-17-5-2-6-18-33)30-37(29-34)36-21-14-22-38(31-36)49-43-27-11-9-25-41(43)45-39-23-7-8-24-40(39)46-42-26-10-12-28-44(42)50-48(46)47(45)49/h1-31H/b19-13?,20-13?,34-19?,34-29+,35-20?,35-30?,37-29?,37-30+. The molecule has 0 fully saturated rings. The zero-order valence-electron chi connectivity index (χ0n) is 27.3. The Bertz CT molecular complexity index is 2860. The van der Waals surface area contributed by atoms with Crippen LogP contribution in [0.25, 0.3) is 76.9 Å². The number of rotatable bonds is 4. The van der Waals surface area contributed by atoms with Gasteiger partial charge in [-0.25, -0.2) is 0 Å². The van der Waals surface area contributed by atoms with E-state index >= 15 is 0 Å². The molecule has 1 aliphatic carbocycles. The van der Waals surface area contributed by atoms with Crippen molar-refractivity contribution in [2.45, 2.75) is 0 Å². The Hall–Kier alpha value is -6.64. The molecule has 2 heteroatoms. The number of aromatic nitrogens is 1. The molecule has 2 nitrogen and oxygen atoms in total. The van der Waals surface area contributed by atoms with Gasteiger partial charge in [-0.15, -0.1) is 0 Å². The number of allylic oxidation sites excluding steroid dienone is 8. The van der Waals surface area contributed by atoms with E-state index in [4.69, 9.17) is 4.42 Å². The lowest BCUT2D eigenvalue weighted by Crippen LogP contribution is -1.96. The number of nitrogens with zero attached hydrogens (tertiary/aromatic N) is 1. The Morgan fingerprint density at radius 2 is 1.04 bits per heavy atom.